The van der Waals surface area contributed by atoms with E-state index in [9.17, 15) is 9.36 Å². The van der Waals surface area contributed by atoms with Crippen LogP contribution in [-0.2, 0) is 13.9 Å². The predicted molar refractivity (Wildman–Crippen MR) is 36.1 cm³/mol. The van der Waals surface area contributed by atoms with Crippen LogP contribution >= 0.6 is 7.37 Å². The Hall–Kier alpha value is -0.140. The molecule has 0 aromatic heterocycles. The van der Waals surface area contributed by atoms with E-state index in [1.807, 2.05) is 0 Å². The zero-order valence-corrected chi connectivity index (χ0v) is 6.56. The molecule has 0 amide bonds. The molecule has 0 radical (unpaired) electrons. The summed E-state index contributed by atoms with van der Waals surface area (Å²) in [6.45, 7) is 1.52. The van der Waals surface area contributed by atoms with Crippen molar-refractivity contribution in [2.75, 3.05) is 19.9 Å². The molecule has 0 N–H and O–H groups in total. The van der Waals surface area contributed by atoms with Gasteiger partial charge < -0.3 is 9.32 Å². The van der Waals surface area contributed by atoms with Gasteiger partial charge in [0.05, 0.1) is 0 Å². The molecule has 4 heteroatoms. The molecule has 1 atom stereocenters. The highest BCUT2D eigenvalue weighted by Gasteiger charge is 2.11. The average Bonchev–Trinajstić information content (AvgIpc) is 1.84. The highest BCUT2D eigenvalue weighted by atomic mass is 31.2. The van der Waals surface area contributed by atoms with Crippen LogP contribution in [-0.4, -0.2) is 26.2 Å². The standard InChI is InChI=1S/C5H11O3P/c1-8-9(2,7)5-3-4-6/h4H,3,5H2,1-2H3. The van der Waals surface area contributed by atoms with E-state index in [-0.39, 0.29) is 0 Å². The normalized spacial score (nSPS) is 16.7. The molecule has 9 heavy (non-hydrogen) atoms. The largest absolute Gasteiger partial charge is 0.332 e. The Morgan fingerprint density at radius 1 is 1.67 bits per heavy atom. The summed E-state index contributed by atoms with van der Waals surface area (Å²) in [7, 11) is -1.03. The molecule has 0 rings (SSSR count). The summed E-state index contributed by atoms with van der Waals surface area (Å²) in [6.07, 6.45) is 1.42. The number of rotatable bonds is 4. The lowest BCUT2D eigenvalue weighted by atomic mass is 10.6. The Bertz CT molecular complexity index is 132. The van der Waals surface area contributed by atoms with Crippen molar-refractivity contribution in [1.82, 2.24) is 0 Å². The van der Waals surface area contributed by atoms with E-state index < -0.39 is 7.37 Å². The number of hydrogen-bond donors (Lipinski definition) is 0. The molecule has 0 spiro atoms. The second kappa shape index (κ2) is 3.80. The molecule has 0 heterocycles. The number of carbonyl (C=O) groups is 1. The lowest BCUT2D eigenvalue weighted by Crippen LogP contribution is -1.90. The highest BCUT2D eigenvalue weighted by Crippen LogP contribution is 2.41. The molecule has 1 unspecified atom stereocenters. The average molecular weight is 150 g/mol. The summed E-state index contributed by atoms with van der Waals surface area (Å²) in [5, 5.41) is 0. The maximum Gasteiger partial charge on any atom is 0.200 e. The first-order valence-corrected chi connectivity index (χ1v) is 4.94. The lowest BCUT2D eigenvalue weighted by Gasteiger charge is -2.06. The van der Waals surface area contributed by atoms with Gasteiger partial charge in [0.15, 0.2) is 7.37 Å². The molecule has 0 aliphatic rings. The molecule has 0 aliphatic carbocycles. The van der Waals surface area contributed by atoms with E-state index in [1.165, 1.54) is 13.8 Å². The molecule has 0 bridgehead atoms. The minimum absolute atomic E-state index is 0.321. The molecule has 0 saturated heterocycles. The smallest absolute Gasteiger partial charge is 0.200 e. The topological polar surface area (TPSA) is 43.4 Å². The van der Waals surface area contributed by atoms with E-state index in [2.05, 4.69) is 4.52 Å². The fourth-order valence-corrected chi connectivity index (χ4v) is 1.14. The van der Waals surface area contributed by atoms with Gasteiger partial charge in [0.25, 0.3) is 0 Å². The quantitative estimate of drug-likeness (QED) is 0.445. The van der Waals surface area contributed by atoms with E-state index in [0.29, 0.717) is 12.6 Å². The SMILES string of the molecule is COP(C)(=O)CCC=O. The summed E-state index contributed by atoms with van der Waals surface area (Å²) in [6, 6.07) is 0. The van der Waals surface area contributed by atoms with Gasteiger partial charge in [-0.2, -0.15) is 0 Å². The molecule has 0 fully saturated rings. The Balaban J connectivity index is 3.58. The van der Waals surface area contributed by atoms with Gasteiger partial charge in [-0.1, -0.05) is 0 Å². The molecule has 54 valence electrons. The van der Waals surface area contributed by atoms with Crippen LogP contribution in [0.5, 0.6) is 0 Å². The summed E-state index contributed by atoms with van der Waals surface area (Å²) in [5.41, 5.74) is 0. The van der Waals surface area contributed by atoms with Crippen LogP contribution in [0.3, 0.4) is 0 Å². The van der Waals surface area contributed by atoms with Crippen molar-refractivity contribution in [2.45, 2.75) is 6.42 Å². The number of carbonyl (C=O) groups excluding carboxylic acids is 1. The van der Waals surface area contributed by atoms with Gasteiger partial charge in [0.1, 0.15) is 6.29 Å². The van der Waals surface area contributed by atoms with Gasteiger partial charge in [-0.3, -0.25) is 4.57 Å². The summed E-state index contributed by atoms with van der Waals surface area (Å²) >= 11 is 0. The Morgan fingerprint density at radius 3 is 2.56 bits per heavy atom. The molecule has 0 aromatic carbocycles. The zero-order valence-electron chi connectivity index (χ0n) is 5.66. The second-order valence-electron chi connectivity index (χ2n) is 1.88. The fraction of sp³-hybridized carbons (Fsp3) is 0.800. The Morgan fingerprint density at radius 2 is 2.22 bits per heavy atom. The minimum Gasteiger partial charge on any atom is -0.332 e. The van der Waals surface area contributed by atoms with E-state index in [1.54, 1.807) is 0 Å². The molecular formula is C5H11O3P. The monoisotopic (exact) mass is 150 g/mol. The maximum atomic E-state index is 11.0. The van der Waals surface area contributed by atoms with E-state index >= 15 is 0 Å². The summed E-state index contributed by atoms with van der Waals surface area (Å²) in [5.74, 6) is 0. The second-order valence-corrected chi connectivity index (χ2v) is 4.72. The molecule has 0 aromatic rings. The van der Waals surface area contributed by atoms with Crippen molar-refractivity contribution in [3.8, 4) is 0 Å². The number of aldehydes is 1. The third kappa shape index (κ3) is 4.37. The zero-order chi connectivity index (χ0) is 7.33. The third-order valence-electron chi connectivity index (χ3n) is 1.04. The Labute approximate surface area is 54.9 Å². The fourth-order valence-electron chi connectivity index (χ4n) is 0.379. The van der Waals surface area contributed by atoms with Gasteiger partial charge in [-0.05, 0) is 0 Å². The van der Waals surface area contributed by atoms with Gasteiger partial charge in [-0.15, -0.1) is 0 Å². The van der Waals surface area contributed by atoms with E-state index in [4.69, 9.17) is 0 Å². The minimum atomic E-state index is -2.42. The van der Waals surface area contributed by atoms with Crippen molar-refractivity contribution in [2.24, 2.45) is 0 Å². The number of hydrogen-bond acceptors (Lipinski definition) is 3. The predicted octanol–water partition coefficient (Wildman–Crippen LogP) is 1.13. The van der Waals surface area contributed by atoms with E-state index in [0.717, 1.165) is 6.29 Å². The van der Waals surface area contributed by atoms with Crippen molar-refractivity contribution in [3.63, 3.8) is 0 Å². The molecule has 0 saturated carbocycles. The summed E-state index contributed by atoms with van der Waals surface area (Å²) < 4.78 is 15.6. The van der Waals surface area contributed by atoms with Gasteiger partial charge in [0, 0.05) is 26.4 Å². The van der Waals surface area contributed by atoms with Crippen molar-refractivity contribution >= 4 is 13.7 Å². The van der Waals surface area contributed by atoms with Crippen LogP contribution in [0.2, 0.25) is 0 Å². The first-order valence-electron chi connectivity index (χ1n) is 2.68. The molecule has 3 nitrogen and oxygen atoms in total. The van der Waals surface area contributed by atoms with Gasteiger partial charge >= 0.3 is 0 Å². The highest BCUT2D eigenvalue weighted by molar-refractivity contribution is 7.58. The van der Waals surface area contributed by atoms with Gasteiger partial charge in [0.2, 0.25) is 0 Å². The van der Waals surface area contributed by atoms with Crippen molar-refractivity contribution in [3.05, 3.63) is 0 Å². The maximum absolute atomic E-state index is 11.0. The van der Waals surface area contributed by atoms with Crippen LogP contribution in [0, 0.1) is 0 Å². The first-order chi connectivity index (χ1) is 4.12. The summed E-state index contributed by atoms with van der Waals surface area (Å²) in [4.78, 5) is 9.79. The third-order valence-corrected chi connectivity index (χ3v) is 2.88. The molecule has 0 aliphatic heterocycles. The van der Waals surface area contributed by atoms with Crippen LogP contribution < -0.4 is 0 Å². The first kappa shape index (κ1) is 8.86. The van der Waals surface area contributed by atoms with Crippen molar-refractivity contribution in [1.29, 1.82) is 0 Å². The van der Waals surface area contributed by atoms with Crippen LogP contribution in [0.15, 0.2) is 0 Å². The van der Waals surface area contributed by atoms with Crippen LogP contribution in [0.25, 0.3) is 0 Å². The molecular weight excluding hydrogens is 139 g/mol. The van der Waals surface area contributed by atoms with Crippen LogP contribution in [0.4, 0.5) is 0 Å². The van der Waals surface area contributed by atoms with Crippen LogP contribution in [0.1, 0.15) is 6.42 Å². The van der Waals surface area contributed by atoms with Crippen molar-refractivity contribution < 1.29 is 13.9 Å². The lowest BCUT2D eigenvalue weighted by molar-refractivity contribution is -0.107. The Kier molecular flexibility index (Phi) is 3.75. The van der Waals surface area contributed by atoms with Gasteiger partial charge in [-0.25, -0.2) is 0 Å².